The van der Waals surface area contributed by atoms with Crippen molar-refractivity contribution in [1.82, 2.24) is 20.4 Å². The summed E-state index contributed by atoms with van der Waals surface area (Å²) in [6.45, 7) is 0. The molecule has 0 fully saturated rings. The fourth-order valence-corrected chi connectivity index (χ4v) is 0.870. The summed E-state index contributed by atoms with van der Waals surface area (Å²) in [5, 5.41) is 9.64. The average molecular weight is 151 g/mol. The Labute approximate surface area is 60.4 Å². The second kappa shape index (κ2) is 1.82. The first-order valence-corrected chi connectivity index (χ1v) is 2.96. The van der Waals surface area contributed by atoms with Crippen LogP contribution in [-0.4, -0.2) is 20.4 Å². The summed E-state index contributed by atoms with van der Waals surface area (Å²) >= 11 is 0. The van der Waals surface area contributed by atoms with Gasteiger partial charge in [-0.15, -0.1) is 0 Å². The third kappa shape index (κ3) is 0.689. The largest absolute Gasteiger partial charge is 0.396 e. The molecule has 2 heterocycles. The summed E-state index contributed by atoms with van der Waals surface area (Å²) < 4.78 is 0. The van der Waals surface area contributed by atoms with Crippen molar-refractivity contribution in [2.24, 2.45) is 0 Å². The Bertz CT molecular complexity index is 441. The van der Waals surface area contributed by atoms with Gasteiger partial charge in [-0.3, -0.25) is 4.79 Å². The molecule has 0 saturated heterocycles. The third-order valence-electron chi connectivity index (χ3n) is 1.40. The second-order valence-electron chi connectivity index (χ2n) is 2.09. The van der Waals surface area contributed by atoms with Gasteiger partial charge in [0, 0.05) is 6.20 Å². The maximum absolute atomic E-state index is 11.0. The number of aromatic nitrogens is 4. The van der Waals surface area contributed by atoms with Gasteiger partial charge < -0.3 is 10.7 Å². The zero-order chi connectivity index (χ0) is 7.84. The van der Waals surface area contributed by atoms with Crippen molar-refractivity contribution in [2.45, 2.75) is 0 Å². The number of nitrogen functional groups attached to an aromatic ring is 1. The van der Waals surface area contributed by atoms with Gasteiger partial charge in [0.05, 0.1) is 5.69 Å². The Morgan fingerprint density at radius 2 is 2.09 bits per heavy atom. The van der Waals surface area contributed by atoms with Gasteiger partial charge in [-0.2, -0.15) is 15.4 Å². The molecule has 2 rings (SSSR count). The second-order valence-corrected chi connectivity index (χ2v) is 2.09. The fourth-order valence-electron chi connectivity index (χ4n) is 0.870. The van der Waals surface area contributed by atoms with E-state index < -0.39 is 0 Å². The number of H-pyrrole nitrogens is 2. The van der Waals surface area contributed by atoms with E-state index in [1.807, 2.05) is 0 Å². The lowest BCUT2D eigenvalue weighted by Gasteiger charge is -1.89. The molecule has 0 amide bonds. The van der Waals surface area contributed by atoms with Gasteiger partial charge in [0.15, 0.2) is 5.52 Å². The van der Waals surface area contributed by atoms with Gasteiger partial charge in [0.2, 0.25) is 0 Å². The van der Waals surface area contributed by atoms with Crippen molar-refractivity contribution in [1.29, 1.82) is 0 Å². The van der Waals surface area contributed by atoms with Crippen molar-refractivity contribution in [3.63, 3.8) is 0 Å². The zero-order valence-corrected chi connectivity index (χ0v) is 5.46. The minimum atomic E-state index is -0.289. The van der Waals surface area contributed by atoms with E-state index in [2.05, 4.69) is 20.4 Å². The Hall–Kier alpha value is -1.85. The first kappa shape index (κ1) is 5.90. The van der Waals surface area contributed by atoms with Crippen LogP contribution in [0.25, 0.3) is 11.0 Å². The summed E-state index contributed by atoms with van der Waals surface area (Å²) in [5.74, 6) is 0. The number of pyridine rings is 1. The molecule has 6 nitrogen and oxygen atoms in total. The van der Waals surface area contributed by atoms with Gasteiger partial charge in [0.1, 0.15) is 5.52 Å². The van der Waals surface area contributed by atoms with Gasteiger partial charge in [-0.05, 0) is 0 Å². The van der Waals surface area contributed by atoms with Crippen molar-refractivity contribution < 1.29 is 0 Å². The molecule has 6 heteroatoms. The third-order valence-corrected chi connectivity index (χ3v) is 1.40. The monoisotopic (exact) mass is 151 g/mol. The molecule has 0 saturated carbocycles. The van der Waals surface area contributed by atoms with Crippen molar-refractivity contribution >= 4 is 16.7 Å². The van der Waals surface area contributed by atoms with Crippen LogP contribution in [0.15, 0.2) is 11.0 Å². The van der Waals surface area contributed by atoms with Gasteiger partial charge in [0.25, 0.3) is 5.56 Å². The van der Waals surface area contributed by atoms with E-state index in [-0.39, 0.29) is 11.1 Å². The van der Waals surface area contributed by atoms with E-state index in [4.69, 9.17) is 5.73 Å². The molecule has 0 atom stereocenters. The number of aromatic amines is 2. The molecule has 4 N–H and O–H groups in total. The molecule has 0 aliphatic rings. The van der Waals surface area contributed by atoms with Crippen LogP contribution in [0.2, 0.25) is 0 Å². The highest BCUT2D eigenvalue weighted by Crippen LogP contribution is 2.08. The number of hydrogen-bond acceptors (Lipinski definition) is 4. The maximum atomic E-state index is 11.0. The summed E-state index contributed by atoms with van der Waals surface area (Å²) in [6.07, 6.45) is 1.40. The topological polar surface area (TPSA) is 100 Å². The lowest BCUT2D eigenvalue weighted by Crippen LogP contribution is -2.06. The number of anilines is 1. The fraction of sp³-hybridized carbons (Fsp3) is 0. The molecule has 11 heavy (non-hydrogen) atoms. The zero-order valence-electron chi connectivity index (χ0n) is 5.46. The molecular weight excluding hydrogens is 146 g/mol. The number of fused-ring (bicyclic) bond motifs is 1. The van der Waals surface area contributed by atoms with E-state index in [0.29, 0.717) is 11.2 Å². The maximum Gasteiger partial charge on any atom is 0.278 e. The summed E-state index contributed by atoms with van der Waals surface area (Å²) in [7, 11) is 0. The van der Waals surface area contributed by atoms with Crippen molar-refractivity contribution in [2.75, 3.05) is 5.73 Å². The van der Waals surface area contributed by atoms with E-state index in [1.54, 1.807) is 0 Å². The van der Waals surface area contributed by atoms with Crippen LogP contribution in [-0.2, 0) is 0 Å². The van der Waals surface area contributed by atoms with Crippen molar-refractivity contribution in [3.8, 4) is 0 Å². The number of nitrogens with one attached hydrogen (secondary N) is 2. The van der Waals surface area contributed by atoms with Gasteiger partial charge >= 0.3 is 0 Å². The highest BCUT2D eigenvalue weighted by atomic mass is 16.1. The molecule has 0 aliphatic carbocycles. The Morgan fingerprint density at radius 1 is 1.36 bits per heavy atom. The van der Waals surface area contributed by atoms with E-state index in [9.17, 15) is 4.79 Å². The van der Waals surface area contributed by atoms with Crippen LogP contribution in [0.3, 0.4) is 0 Å². The van der Waals surface area contributed by atoms with Crippen LogP contribution >= 0.6 is 0 Å². The van der Waals surface area contributed by atoms with Crippen molar-refractivity contribution in [3.05, 3.63) is 16.6 Å². The molecule has 2 aromatic rings. The molecule has 0 aromatic carbocycles. The van der Waals surface area contributed by atoms with Crippen LogP contribution in [0.4, 0.5) is 5.69 Å². The predicted molar refractivity (Wildman–Crippen MR) is 38.9 cm³/mol. The van der Waals surface area contributed by atoms with Gasteiger partial charge in [-0.1, -0.05) is 0 Å². The van der Waals surface area contributed by atoms with E-state index >= 15 is 0 Å². The quantitative estimate of drug-likeness (QED) is 0.460. The normalized spacial score (nSPS) is 10.5. The number of rotatable bonds is 0. The molecular formula is C5H5N5O. The van der Waals surface area contributed by atoms with Crippen LogP contribution < -0.4 is 11.3 Å². The molecule has 0 radical (unpaired) electrons. The highest BCUT2D eigenvalue weighted by Gasteiger charge is 2.04. The molecule has 56 valence electrons. The highest BCUT2D eigenvalue weighted by molar-refractivity contribution is 5.84. The van der Waals surface area contributed by atoms with Crippen LogP contribution in [0, 0.1) is 0 Å². The summed E-state index contributed by atoms with van der Waals surface area (Å²) in [4.78, 5) is 13.4. The minimum Gasteiger partial charge on any atom is -0.396 e. The molecule has 0 aliphatic heterocycles. The standard InChI is InChI=1S/C5H5N5O/c6-2-1-7-5(11)4-3(2)8-10-9-4/h1H,6H2,(H,7,11)(H,8,9,10). The average Bonchev–Trinajstić information content (AvgIpc) is 2.45. The van der Waals surface area contributed by atoms with Crippen LogP contribution in [0.1, 0.15) is 0 Å². The Kier molecular flexibility index (Phi) is 0.974. The lowest BCUT2D eigenvalue weighted by molar-refractivity contribution is 0.958. The number of nitrogens with zero attached hydrogens (tertiary/aromatic N) is 2. The lowest BCUT2D eigenvalue weighted by atomic mass is 10.4. The first-order chi connectivity index (χ1) is 5.29. The minimum absolute atomic E-state index is 0.241. The Morgan fingerprint density at radius 3 is 2.82 bits per heavy atom. The SMILES string of the molecule is Nc1c[nH]c(=O)c2n[nH]nc12. The molecule has 2 aromatic heterocycles. The number of hydrogen-bond donors (Lipinski definition) is 3. The molecule has 0 spiro atoms. The first-order valence-electron chi connectivity index (χ1n) is 2.96. The smallest absolute Gasteiger partial charge is 0.278 e. The molecule has 0 unspecified atom stereocenters. The van der Waals surface area contributed by atoms with E-state index in [1.165, 1.54) is 6.20 Å². The molecule has 0 bridgehead atoms. The summed E-state index contributed by atoms with van der Waals surface area (Å²) in [5.41, 5.74) is 6.25. The van der Waals surface area contributed by atoms with E-state index in [0.717, 1.165) is 0 Å². The van der Waals surface area contributed by atoms with Crippen LogP contribution in [0.5, 0.6) is 0 Å². The summed E-state index contributed by atoms with van der Waals surface area (Å²) in [6, 6.07) is 0. The predicted octanol–water partition coefficient (Wildman–Crippen LogP) is -0.772. The Balaban J connectivity index is 3.08. The number of nitrogens with two attached hydrogens (primary N) is 1. The van der Waals surface area contributed by atoms with Gasteiger partial charge in [-0.25, -0.2) is 0 Å².